The van der Waals surface area contributed by atoms with Crippen molar-refractivity contribution in [1.29, 1.82) is 0 Å². The highest BCUT2D eigenvalue weighted by molar-refractivity contribution is 7.92. The minimum Gasteiger partial charge on any atom is -0.395 e. The summed E-state index contributed by atoms with van der Waals surface area (Å²) in [6, 6.07) is 7.58. The molecule has 1 spiro atoms. The van der Waals surface area contributed by atoms with E-state index in [9.17, 15) is 18.0 Å². The standard InChI is InChI=1S/C23H30N4O6S/c28-12-11-27-16-18(2-4-21(27)30)24-22(31)19-3-1-17(25-34(32,33)14-13-29)15-20(19)26-9-7-23(5-6-23)8-10-26/h1-4,15-16,25,28-29H,5-14H2,(H,24,31). The number of hydrogen-bond donors (Lipinski definition) is 4. The minimum absolute atomic E-state index is 0.117. The largest absolute Gasteiger partial charge is 0.395 e. The molecule has 0 atom stereocenters. The molecule has 184 valence electrons. The van der Waals surface area contributed by atoms with Gasteiger partial charge in [-0.2, -0.15) is 0 Å². The SMILES string of the molecule is O=C(Nc1ccc(=O)n(CCO)c1)c1ccc(NS(=O)(=O)CCO)cc1N1CCC2(CC1)CC2. The van der Waals surface area contributed by atoms with Gasteiger partial charge in [-0.05, 0) is 55.4 Å². The van der Waals surface area contributed by atoms with E-state index in [4.69, 9.17) is 10.2 Å². The van der Waals surface area contributed by atoms with Gasteiger partial charge in [-0.1, -0.05) is 0 Å². The van der Waals surface area contributed by atoms with Gasteiger partial charge in [-0.3, -0.25) is 14.3 Å². The molecule has 0 bridgehead atoms. The molecule has 11 heteroatoms. The van der Waals surface area contributed by atoms with Gasteiger partial charge in [-0.15, -0.1) is 0 Å². The first-order valence-corrected chi connectivity index (χ1v) is 13.0. The molecule has 4 N–H and O–H groups in total. The number of carbonyl (C=O) groups is 1. The molecule has 1 saturated heterocycles. The van der Waals surface area contributed by atoms with Crippen molar-refractivity contribution in [2.24, 2.45) is 5.41 Å². The average Bonchev–Trinajstić information content (AvgIpc) is 3.55. The fourth-order valence-corrected chi connectivity index (χ4v) is 5.21. The van der Waals surface area contributed by atoms with Crippen molar-refractivity contribution in [3.05, 3.63) is 52.4 Å². The van der Waals surface area contributed by atoms with Crippen molar-refractivity contribution in [2.75, 3.05) is 47.0 Å². The highest BCUT2D eigenvalue weighted by atomic mass is 32.2. The Hall–Kier alpha value is -2.89. The third kappa shape index (κ3) is 5.60. The van der Waals surface area contributed by atoms with E-state index in [1.165, 1.54) is 41.8 Å². The molecular weight excluding hydrogens is 460 g/mol. The third-order valence-electron chi connectivity index (χ3n) is 6.58. The maximum Gasteiger partial charge on any atom is 0.257 e. The summed E-state index contributed by atoms with van der Waals surface area (Å²) in [4.78, 5) is 27.2. The minimum atomic E-state index is -3.71. The van der Waals surface area contributed by atoms with E-state index in [1.54, 1.807) is 12.1 Å². The normalized spacial score (nSPS) is 16.9. The van der Waals surface area contributed by atoms with Crippen LogP contribution in [0.15, 0.2) is 41.3 Å². The van der Waals surface area contributed by atoms with Crippen LogP contribution in [-0.2, 0) is 16.6 Å². The van der Waals surface area contributed by atoms with Crippen molar-refractivity contribution in [2.45, 2.75) is 32.2 Å². The number of nitrogens with one attached hydrogen (secondary N) is 2. The Kier molecular flexibility index (Phi) is 6.96. The van der Waals surface area contributed by atoms with Crippen LogP contribution in [0.2, 0.25) is 0 Å². The summed E-state index contributed by atoms with van der Waals surface area (Å²) in [6.07, 6.45) is 6.00. The Labute approximate surface area is 198 Å². The quantitative estimate of drug-likeness (QED) is 0.414. The molecule has 1 aromatic carbocycles. The van der Waals surface area contributed by atoms with Crippen LogP contribution < -0.4 is 20.5 Å². The first-order valence-electron chi connectivity index (χ1n) is 11.4. The molecule has 1 aliphatic carbocycles. The third-order valence-corrected chi connectivity index (χ3v) is 7.85. The van der Waals surface area contributed by atoms with Crippen LogP contribution >= 0.6 is 0 Å². The molecule has 2 heterocycles. The second-order valence-electron chi connectivity index (χ2n) is 8.99. The van der Waals surface area contributed by atoms with E-state index in [0.717, 1.165) is 25.9 Å². The molecule has 2 aliphatic rings. The summed E-state index contributed by atoms with van der Waals surface area (Å²) < 4.78 is 28.1. The Morgan fingerprint density at radius 3 is 2.35 bits per heavy atom. The molecule has 4 rings (SSSR count). The summed E-state index contributed by atoms with van der Waals surface area (Å²) in [6.45, 7) is 0.968. The number of pyridine rings is 1. The number of carbonyl (C=O) groups excluding carboxylic acids is 1. The van der Waals surface area contributed by atoms with Crippen LogP contribution in [0.3, 0.4) is 0 Å². The Bertz CT molecular complexity index is 1210. The maximum atomic E-state index is 13.2. The van der Waals surface area contributed by atoms with Gasteiger partial charge < -0.3 is 25.0 Å². The first-order chi connectivity index (χ1) is 16.2. The number of piperidine rings is 1. The summed E-state index contributed by atoms with van der Waals surface area (Å²) in [5.74, 6) is -0.805. The highest BCUT2D eigenvalue weighted by Crippen LogP contribution is 2.54. The lowest BCUT2D eigenvalue weighted by atomic mass is 9.93. The van der Waals surface area contributed by atoms with Crippen molar-refractivity contribution in [3.63, 3.8) is 0 Å². The van der Waals surface area contributed by atoms with Gasteiger partial charge in [0.25, 0.3) is 11.5 Å². The molecule has 34 heavy (non-hydrogen) atoms. The topological polar surface area (TPSA) is 141 Å². The van der Waals surface area contributed by atoms with Gasteiger partial charge in [-0.25, -0.2) is 8.42 Å². The number of anilines is 3. The zero-order chi connectivity index (χ0) is 24.3. The number of aliphatic hydroxyl groups excluding tert-OH is 2. The van der Waals surface area contributed by atoms with Crippen LogP contribution in [-0.4, -0.2) is 61.2 Å². The number of aliphatic hydroxyl groups is 2. The zero-order valence-electron chi connectivity index (χ0n) is 18.9. The number of sulfonamides is 1. The van der Waals surface area contributed by atoms with Crippen molar-refractivity contribution >= 4 is 33.0 Å². The van der Waals surface area contributed by atoms with E-state index >= 15 is 0 Å². The molecule has 1 saturated carbocycles. The summed E-state index contributed by atoms with van der Waals surface area (Å²) in [7, 11) is -3.71. The molecule has 1 amide bonds. The molecule has 10 nitrogen and oxygen atoms in total. The van der Waals surface area contributed by atoms with Crippen molar-refractivity contribution in [1.82, 2.24) is 4.57 Å². The van der Waals surface area contributed by atoms with E-state index in [1.807, 2.05) is 0 Å². The number of benzene rings is 1. The molecule has 1 aromatic heterocycles. The molecule has 0 unspecified atom stereocenters. The second kappa shape index (κ2) is 9.77. The molecule has 2 fully saturated rings. The van der Waals surface area contributed by atoms with Crippen LogP contribution in [0.5, 0.6) is 0 Å². The lowest BCUT2D eigenvalue weighted by Crippen LogP contribution is -2.35. The van der Waals surface area contributed by atoms with Gasteiger partial charge >= 0.3 is 0 Å². The molecule has 0 radical (unpaired) electrons. The van der Waals surface area contributed by atoms with Crippen LogP contribution in [0.25, 0.3) is 0 Å². The van der Waals surface area contributed by atoms with Gasteiger partial charge in [0, 0.05) is 31.9 Å². The Morgan fingerprint density at radius 1 is 1.00 bits per heavy atom. The smallest absolute Gasteiger partial charge is 0.257 e. The summed E-state index contributed by atoms with van der Waals surface area (Å²) >= 11 is 0. The zero-order valence-corrected chi connectivity index (χ0v) is 19.7. The number of rotatable bonds is 9. The van der Waals surface area contributed by atoms with Gasteiger partial charge in [0.2, 0.25) is 10.0 Å². The fraction of sp³-hybridized carbons (Fsp3) is 0.478. The van der Waals surface area contributed by atoms with Crippen molar-refractivity contribution in [3.8, 4) is 0 Å². The van der Waals surface area contributed by atoms with Gasteiger partial charge in [0.15, 0.2) is 0 Å². The lowest BCUT2D eigenvalue weighted by molar-refractivity contribution is 0.102. The Morgan fingerprint density at radius 2 is 1.71 bits per heavy atom. The first kappa shape index (κ1) is 24.2. The van der Waals surface area contributed by atoms with Gasteiger partial charge in [0.05, 0.1) is 41.6 Å². The Balaban J connectivity index is 1.61. The summed E-state index contributed by atoms with van der Waals surface area (Å²) in [5.41, 5.74) is 1.89. The fourth-order valence-electron chi connectivity index (χ4n) is 4.38. The van der Waals surface area contributed by atoms with E-state index in [-0.39, 0.29) is 24.6 Å². The maximum absolute atomic E-state index is 13.2. The van der Waals surface area contributed by atoms with Crippen LogP contribution in [0, 0.1) is 5.41 Å². The highest BCUT2D eigenvalue weighted by Gasteiger charge is 2.44. The van der Waals surface area contributed by atoms with E-state index in [2.05, 4.69) is 14.9 Å². The summed E-state index contributed by atoms with van der Waals surface area (Å²) in [5, 5.41) is 20.9. The van der Waals surface area contributed by atoms with E-state index in [0.29, 0.717) is 28.0 Å². The molecule has 1 aliphatic heterocycles. The predicted octanol–water partition coefficient (Wildman–Crippen LogP) is 1.21. The predicted molar refractivity (Wildman–Crippen MR) is 130 cm³/mol. The monoisotopic (exact) mass is 490 g/mol. The van der Waals surface area contributed by atoms with Crippen LogP contribution in [0.4, 0.5) is 17.1 Å². The lowest BCUT2D eigenvalue weighted by Gasteiger charge is -2.35. The number of hydrogen-bond acceptors (Lipinski definition) is 7. The molecule has 2 aromatic rings. The van der Waals surface area contributed by atoms with Gasteiger partial charge in [0.1, 0.15) is 0 Å². The number of aromatic nitrogens is 1. The number of nitrogens with zero attached hydrogens (tertiary/aromatic N) is 2. The van der Waals surface area contributed by atoms with Crippen molar-refractivity contribution < 1.29 is 23.4 Å². The molecular formula is C23H30N4O6S. The van der Waals surface area contributed by atoms with Crippen LogP contribution in [0.1, 0.15) is 36.0 Å². The average molecular weight is 491 g/mol. The second-order valence-corrected chi connectivity index (χ2v) is 10.8. The number of amides is 1. The van der Waals surface area contributed by atoms with E-state index < -0.39 is 22.4 Å².